The first kappa shape index (κ1) is 15.9. The molecule has 0 amide bonds. The van der Waals surface area contributed by atoms with E-state index >= 15 is 0 Å². The van der Waals surface area contributed by atoms with Gasteiger partial charge in [-0.25, -0.2) is 13.4 Å². The molecule has 1 unspecified atom stereocenters. The molecule has 0 spiro atoms. The largest absolute Gasteiger partial charge is 0.373 e. The van der Waals surface area contributed by atoms with Crippen LogP contribution in [0.5, 0.6) is 0 Å². The Hall–Kier alpha value is -1.14. The number of hydrogen-bond donors (Lipinski definition) is 1. The highest BCUT2D eigenvalue weighted by molar-refractivity contribution is 7.89. The van der Waals surface area contributed by atoms with Gasteiger partial charge in [-0.1, -0.05) is 13.8 Å². The molecule has 0 saturated heterocycles. The summed E-state index contributed by atoms with van der Waals surface area (Å²) in [5.74, 6) is 1.00. The van der Waals surface area contributed by atoms with Gasteiger partial charge >= 0.3 is 0 Å². The minimum absolute atomic E-state index is 0.0313. The quantitative estimate of drug-likeness (QED) is 0.870. The van der Waals surface area contributed by atoms with Crippen LogP contribution in [0.25, 0.3) is 0 Å². The van der Waals surface area contributed by atoms with Crippen LogP contribution in [0.4, 0.5) is 5.82 Å². The lowest BCUT2D eigenvalue weighted by atomic mass is 10.1. The SMILES string of the molecule is CNc1cc(S(=O)(=O)N(C)C(C)CC(C)C)ccn1. The number of pyridine rings is 1. The Labute approximate surface area is 116 Å². The van der Waals surface area contributed by atoms with E-state index in [0.717, 1.165) is 6.42 Å². The predicted octanol–water partition coefficient (Wildman–Crippen LogP) is 2.18. The van der Waals surface area contributed by atoms with Crippen molar-refractivity contribution in [2.45, 2.75) is 38.1 Å². The lowest BCUT2D eigenvalue weighted by molar-refractivity contribution is 0.338. The van der Waals surface area contributed by atoms with E-state index in [4.69, 9.17) is 0 Å². The van der Waals surface area contributed by atoms with Crippen LogP contribution in [0, 0.1) is 5.92 Å². The Balaban J connectivity index is 3.02. The Kier molecular flexibility index (Phi) is 5.31. The summed E-state index contributed by atoms with van der Waals surface area (Å²) in [6.45, 7) is 6.10. The molecule has 1 atom stereocenters. The van der Waals surface area contributed by atoms with Crippen LogP contribution in [-0.2, 0) is 10.0 Å². The second kappa shape index (κ2) is 6.34. The maximum Gasteiger partial charge on any atom is 0.243 e. The van der Waals surface area contributed by atoms with Crippen LogP contribution in [-0.4, -0.2) is 37.8 Å². The molecule has 1 aromatic heterocycles. The van der Waals surface area contributed by atoms with Gasteiger partial charge in [0.15, 0.2) is 0 Å². The number of aromatic nitrogens is 1. The van der Waals surface area contributed by atoms with Crippen molar-refractivity contribution in [2.24, 2.45) is 5.92 Å². The summed E-state index contributed by atoms with van der Waals surface area (Å²) in [5.41, 5.74) is 0. The van der Waals surface area contributed by atoms with Crippen molar-refractivity contribution in [1.82, 2.24) is 9.29 Å². The van der Waals surface area contributed by atoms with Gasteiger partial charge in [0.25, 0.3) is 0 Å². The summed E-state index contributed by atoms with van der Waals surface area (Å²) >= 11 is 0. The highest BCUT2D eigenvalue weighted by atomic mass is 32.2. The van der Waals surface area contributed by atoms with Crippen molar-refractivity contribution in [3.8, 4) is 0 Å². The summed E-state index contributed by atoms with van der Waals surface area (Å²) in [6.07, 6.45) is 2.33. The summed E-state index contributed by atoms with van der Waals surface area (Å²) in [7, 11) is -0.124. The van der Waals surface area contributed by atoms with Gasteiger partial charge in [-0.15, -0.1) is 0 Å². The molecule has 108 valence electrons. The zero-order valence-corrected chi connectivity index (χ0v) is 13.0. The van der Waals surface area contributed by atoms with E-state index in [0.29, 0.717) is 11.7 Å². The Bertz CT molecular complexity index is 514. The third kappa shape index (κ3) is 3.91. The van der Waals surface area contributed by atoms with Crippen molar-refractivity contribution >= 4 is 15.8 Å². The van der Waals surface area contributed by atoms with E-state index in [-0.39, 0.29) is 10.9 Å². The van der Waals surface area contributed by atoms with Crippen molar-refractivity contribution in [3.63, 3.8) is 0 Å². The van der Waals surface area contributed by atoms with Crippen LogP contribution < -0.4 is 5.32 Å². The van der Waals surface area contributed by atoms with Crippen molar-refractivity contribution in [2.75, 3.05) is 19.4 Å². The second-order valence-electron chi connectivity index (χ2n) is 5.13. The molecule has 1 aromatic rings. The minimum Gasteiger partial charge on any atom is -0.373 e. The first-order chi connectivity index (χ1) is 8.78. The van der Waals surface area contributed by atoms with Gasteiger partial charge < -0.3 is 5.32 Å². The fraction of sp³-hybridized carbons (Fsp3) is 0.615. The van der Waals surface area contributed by atoms with E-state index in [2.05, 4.69) is 24.1 Å². The molecule has 5 nitrogen and oxygen atoms in total. The highest BCUT2D eigenvalue weighted by Crippen LogP contribution is 2.21. The molecule has 0 fully saturated rings. The molecule has 1 N–H and O–H groups in total. The van der Waals surface area contributed by atoms with Gasteiger partial charge in [-0.05, 0) is 25.3 Å². The Morgan fingerprint density at radius 1 is 1.37 bits per heavy atom. The average Bonchev–Trinajstić information content (AvgIpc) is 2.37. The molecule has 0 aromatic carbocycles. The zero-order chi connectivity index (χ0) is 14.6. The van der Waals surface area contributed by atoms with E-state index in [1.54, 1.807) is 20.2 Å². The number of nitrogens with one attached hydrogen (secondary N) is 1. The van der Waals surface area contributed by atoms with Crippen molar-refractivity contribution < 1.29 is 8.42 Å². The van der Waals surface area contributed by atoms with Gasteiger partial charge in [0.2, 0.25) is 10.0 Å². The lowest BCUT2D eigenvalue weighted by Gasteiger charge is -2.25. The van der Waals surface area contributed by atoms with Gasteiger partial charge in [0.05, 0.1) is 4.90 Å². The summed E-state index contributed by atoms with van der Waals surface area (Å²) < 4.78 is 26.4. The number of hydrogen-bond acceptors (Lipinski definition) is 4. The van der Waals surface area contributed by atoms with E-state index in [9.17, 15) is 8.42 Å². The standard InChI is InChI=1S/C13H23N3O2S/c1-10(2)8-11(3)16(5)19(17,18)12-6-7-15-13(9-12)14-4/h6-7,9-11H,8H2,1-5H3,(H,14,15). The van der Waals surface area contributed by atoms with Crippen LogP contribution in [0.1, 0.15) is 27.2 Å². The molecule has 1 heterocycles. The number of anilines is 1. The van der Waals surface area contributed by atoms with Crippen LogP contribution in [0.3, 0.4) is 0 Å². The summed E-state index contributed by atoms with van der Waals surface area (Å²) in [6, 6.07) is 3.04. The third-order valence-electron chi connectivity index (χ3n) is 3.10. The van der Waals surface area contributed by atoms with E-state index in [1.165, 1.54) is 16.6 Å². The molecule has 0 aliphatic rings. The third-order valence-corrected chi connectivity index (χ3v) is 5.07. The molecule has 0 radical (unpaired) electrons. The topological polar surface area (TPSA) is 62.3 Å². The number of rotatable bonds is 6. The molecule has 0 bridgehead atoms. The average molecular weight is 285 g/mol. The Morgan fingerprint density at radius 3 is 2.53 bits per heavy atom. The smallest absolute Gasteiger partial charge is 0.243 e. The summed E-state index contributed by atoms with van der Waals surface area (Å²) in [4.78, 5) is 4.30. The van der Waals surface area contributed by atoms with Gasteiger partial charge in [0.1, 0.15) is 5.82 Å². The lowest BCUT2D eigenvalue weighted by Crippen LogP contribution is -2.35. The maximum absolute atomic E-state index is 12.5. The van der Waals surface area contributed by atoms with Crippen LogP contribution in [0.2, 0.25) is 0 Å². The highest BCUT2D eigenvalue weighted by Gasteiger charge is 2.26. The Morgan fingerprint density at radius 2 is 2.00 bits per heavy atom. The van der Waals surface area contributed by atoms with E-state index in [1.807, 2.05) is 6.92 Å². The molecule has 0 aliphatic carbocycles. The summed E-state index contributed by atoms with van der Waals surface area (Å²) in [5, 5.41) is 2.85. The first-order valence-corrected chi connectivity index (χ1v) is 7.85. The normalized spacial score (nSPS) is 13.8. The monoisotopic (exact) mass is 285 g/mol. The van der Waals surface area contributed by atoms with Crippen LogP contribution >= 0.6 is 0 Å². The van der Waals surface area contributed by atoms with Crippen molar-refractivity contribution in [1.29, 1.82) is 0 Å². The minimum atomic E-state index is -3.46. The fourth-order valence-electron chi connectivity index (χ4n) is 1.94. The molecular formula is C13H23N3O2S. The molecule has 6 heteroatoms. The molecule has 0 saturated carbocycles. The molecule has 0 aliphatic heterocycles. The van der Waals surface area contributed by atoms with Gasteiger partial charge in [0, 0.05) is 32.4 Å². The predicted molar refractivity (Wildman–Crippen MR) is 77.6 cm³/mol. The number of sulfonamides is 1. The molecule has 1 rings (SSSR count). The second-order valence-corrected chi connectivity index (χ2v) is 7.12. The van der Waals surface area contributed by atoms with E-state index < -0.39 is 10.0 Å². The van der Waals surface area contributed by atoms with Crippen molar-refractivity contribution in [3.05, 3.63) is 18.3 Å². The zero-order valence-electron chi connectivity index (χ0n) is 12.2. The molecular weight excluding hydrogens is 262 g/mol. The van der Waals surface area contributed by atoms with Gasteiger partial charge in [-0.2, -0.15) is 4.31 Å². The van der Waals surface area contributed by atoms with Gasteiger partial charge in [-0.3, -0.25) is 0 Å². The first-order valence-electron chi connectivity index (χ1n) is 6.41. The maximum atomic E-state index is 12.5. The van der Waals surface area contributed by atoms with Crippen LogP contribution in [0.15, 0.2) is 23.2 Å². The fourth-order valence-corrected chi connectivity index (χ4v) is 3.33. The number of nitrogens with zero attached hydrogens (tertiary/aromatic N) is 2. The molecule has 19 heavy (non-hydrogen) atoms.